The number of hydrogen-bond acceptors (Lipinski definition) is 5. The number of anilines is 1. The maximum atomic E-state index is 5.63. The van der Waals surface area contributed by atoms with Gasteiger partial charge >= 0.3 is 0 Å². The van der Waals surface area contributed by atoms with Crippen molar-refractivity contribution in [1.29, 1.82) is 0 Å². The van der Waals surface area contributed by atoms with Gasteiger partial charge < -0.3 is 15.1 Å². The molecule has 0 amide bonds. The summed E-state index contributed by atoms with van der Waals surface area (Å²) in [5, 5.41) is 0. The summed E-state index contributed by atoms with van der Waals surface area (Å²) < 4.78 is 5.35. The third kappa shape index (κ3) is 3.29. The van der Waals surface area contributed by atoms with Gasteiger partial charge in [0, 0.05) is 12.2 Å². The molecule has 0 spiro atoms. The molecule has 0 aliphatic heterocycles. The van der Waals surface area contributed by atoms with Crippen molar-refractivity contribution in [2.45, 2.75) is 20.4 Å². The topological polar surface area (TPSA) is 68.2 Å². The number of nitrogens with zero attached hydrogens (tertiary/aromatic N) is 3. The molecule has 2 heterocycles. The van der Waals surface area contributed by atoms with Gasteiger partial charge in [-0.3, -0.25) is 0 Å². The lowest BCUT2D eigenvalue weighted by Crippen LogP contribution is -2.25. The Bertz CT molecular complexity index is 568. The van der Waals surface area contributed by atoms with Crippen molar-refractivity contribution in [2.75, 3.05) is 11.4 Å². The minimum Gasteiger partial charge on any atom is -0.467 e. The van der Waals surface area contributed by atoms with Crippen LogP contribution in [0.2, 0.25) is 0 Å². The predicted octanol–water partition coefficient (Wildman–Crippen LogP) is 2.04. The van der Waals surface area contributed by atoms with E-state index in [1.807, 2.05) is 30.9 Å². The van der Waals surface area contributed by atoms with E-state index in [9.17, 15) is 0 Å². The van der Waals surface area contributed by atoms with Crippen LogP contribution >= 0.6 is 12.2 Å². The van der Waals surface area contributed by atoms with Crippen LogP contribution in [0, 0.1) is 6.92 Å². The number of rotatable bonds is 5. The van der Waals surface area contributed by atoms with Gasteiger partial charge in [0.25, 0.3) is 0 Å². The molecule has 2 aromatic rings. The Balaban J connectivity index is 2.29. The van der Waals surface area contributed by atoms with Crippen LogP contribution in [0.3, 0.4) is 0 Å². The lowest BCUT2D eigenvalue weighted by molar-refractivity contribution is 0.501. The number of nitrogens with two attached hydrogens (primary N) is 1. The molecule has 0 atom stereocenters. The first kappa shape index (κ1) is 13.5. The Hall–Kier alpha value is -1.95. The Kier molecular flexibility index (Phi) is 4.11. The van der Waals surface area contributed by atoms with E-state index in [4.69, 9.17) is 22.4 Å². The molecule has 0 saturated carbocycles. The van der Waals surface area contributed by atoms with Crippen LogP contribution in [0.25, 0.3) is 0 Å². The molecule has 2 rings (SSSR count). The van der Waals surface area contributed by atoms with E-state index in [0.717, 1.165) is 18.0 Å². The summed E-state index contributed by atoms with van der Waals surface area (Å²) in [4.78, 5) is 11.1. The number of thiocarbonyl (C=S) groups is 1. The maximum absolute atomic E-state index is 5.63. The molecule has 2 N–H and O–H groups in total. The SMILES string of the molecule is CCN(Cc1ccco1)c1nc(C)cc(C(N)=S)n1. The summed E-state index contributed by atoms with van der Waals surface area (Å²) in [7, 11) is 0. The zero-order chi connectivity index (χ0) is 13.8. The maximum Gasteiger partial charge on any atom is 0.226 e. The van der Waals surface area contributed by atoms with Gasteiger partial charge in [0.05, 0.1) is 12.8 Å². The number of aryl methyl sites for hydroxylation is 1. The van der Waals surface area contributed by atoms with Crippen molar-refractivity contribution >= 4 is 23.2 Å². The molecule has 6 heteroatoms. The molecule has 0 radical (unpaired) electrons. The quantitative estimate of drug-likeness (QED) is 0.843. The monoisotopic (exact) mass is 276 g/mol. The summed E-state index contributed by atoms with van der Waals surface area (Å²) in [6.07, 6.45) is 1.65. The Morgan fingerprint density at radius 3 is 2.84 bits per heavy atom. The van der Waals surface area contributed by atoms with Crippen molar-refractivity contribution < 1.29 is 4.42 Å². The average Bonchev–Trinajstić information content (AvgIpc) is 2.88. The van der Waals surface area contributed by atoms with E-state index in [1.165, 1.54) is 0 Å². The second-order valence-electron chi connectivity index (χ2n) is 4.15. The lowest BCUT2D eigenvalue weighted by Gasteiger charge is -2.20. The van der Waals surface area contributed by atoms with Crippen molar-refractivity contribution in [2.24, 2.45) is 5.73 Å². The molecule has 2 aromatic heterocycles. The molecule has 0 unspecified atom stereocenters. The zero-order valence-electron chi connectivity index (χ0n) is 11.0. The minimum absolute atomic E-state index is 0.279. The molecule has 0 aliphatic carbocycles. The fourth-order valence-corrected chi connectivity index (χ4v) is 1.84. The normalized spacial score (nSPS) is 10.4. The van der Waals surface area contributed by atoms with Crippen LogP contribution < -0.4 is 10.6 Å². The number of hydrogen-bond donors (Lipinski definition) is 1. The predicted molar refractivity (Wildman–Crippen MR) is 78.1 cm³/mol. The Labute approximate surface area is 117 Å². The molecule has 0 bridgehead atoms. The molecule has 100 valence electrons. The highest BCUT2D eigenvalue weighted by Gasteiger charge is 2.12. The van der Waals surface area contributed by atoms with Gasteiger partial charge in [-0.05, 0) is 32.0 Å². The second-order valence-corrected chi connectivity index (χ2v) is 4.59. The van der Waals surface area contributed by atoms with Gasteiger partial charge in [-0.25, -0.2) is 9.97 Å². The van der Waals surface area contributed by atoms with Crippen LogP contribution in [-0.2, 0) is 6.54 Å². The smallest absolute Gasteiger partial charge is 0.226 e. The van der Waals surface area contributed by atoms with Gasteiger partial charge in [-0.2, -0.15) is 0 Å². The summed E-state index contributed by atoms with van der Waals surface area (Å²) in [6, 6.07) is 5.57. The van der Waals surface area contributed by atoms with Crippen LogP contribution in [0.5, 0.6) is 0 Å². The first-order chi connectivity index (χ1) is 9.10. The number of furan rings is 1. The third-order valence-electron chi connectivity index (χ3n) is 2.69. The van der Waals surface area contributed by atoms with Gasteiger partial charge in [0.15, 0.2) is 0 Å². The highest BCUT2D eigenvalue weighted by atomic mass is 32.1. The fourth-order valence-electron chi connectivity index (χ4n) is 1.74. The molecular weight excluding hydrogens is 260 g/mol. The van der Waals surface area contributed by atoms with E-state index < -0.39 is 0 Å². The van der Waals surface area contributed by atoms with Crippen molar-refractivity contribution in [3.05, 3.63) is 41.6 Å². The van der Waals surface area contributed by atoms with Gasteiger partial charge in [0.2, 0.25) is 5.95 Å². The van der Waals surface area contributed by atoms with Gasteiger partial charge in [-0.15, -0.1) is 0 Å². The summed E-state index contributed by atoms with van der Waals surface area (Å²) >= 11 is 4.97. The molecular formula is C13H16N4OS. The van der Waals surface area contributed by atoms with Crippen molar-refractivity contribution in [3.63, 3.8) is 0 Å². The summed E-state index contributed by atoms with van der Waals surface area (Å²) in [5.74, 6) is 1.48. The van der Waals surface area contributed by atoms with Crippen molar-refractivity contribution in [1.82, 2.24) is 9.97 Å². The van der Waals surface area contributed by atoms with E-state index >= 15 is 0 Å². The largest absolute Gasteiger partial charge is 0.467 e. The van der Waals surface area contributed by atoms with Crippen molar-refractivity contribution in [3.8, 4) is 0 Å². The average molecular weight is 276 g/mol. The second kappa shape index (κ2) is 5.79. The fraction of sp³-hybridized carbons (Fsp3) is 0.308. The Morgan fingerprint density at radius 1 is 1.47 bits per heavy atom. The summed E-state index contributed by atoms with van der Waals surface area (Å²) in [6.45, 7) is 5.31. The third-order valence-corrected chi connectivity index (χ3v) is 2.90. The van der Waals surface area contributed by atoms with E-state index in [2.05, 4.69) is 9.97 Å². The molecule has 0 aliphatic rings. The lowest BCUT2D eigenvalue weighted by atomic mass is 10.3. The Morgan fingerprint density at radius 2 is 2.26 bits per heavy atom. The zero-order valence-corrected chi connectivity index (χ0v) is 11.8. The van der Waals surface area contributed by atoms with Gasteiger partial charge in [0.1, 0.15) is 16.4 Å². The van der Waals surface area contributed by atoms with E-state index in [0.29, 0.717) is 18.2 Å². The van der Waals surface area contributed by atoms with Gasteiger partial charge in [-0.1, -0.05) is 12.2 Å². The minimum atomic E-state index is 0.279. The highest BCUT2D eigenvalue weighted by molar-refractivity contribution is 7.80. The molecule has 0 aromatic carbocycles. The van der Waals surface area contributed by atoms with Crippen LogP contribution in [-0.4, -0.2) is 21.5 Å². The first-order valence-electron chi connectivity index (χ1n) is 6.03. The molecule has 19 heavy (non-hydrogen) atoms. The molecule has 5 nitrogen and oxygen atoms in total. The van der Waals surface area contributed by atoms with Crippen LogP contribution in [0.4, 0.5) is 5.95 Å². The molecule has 0 saturated heterocycles. The standard InChI is InChI=1S/C13H16N4OS/c1-3-17(8-10-5-4-6-18-10)13-15-9(2)7-11(16-13)12(14)19/h4-7H,3,8H2,1-2H3,(H2,14,19). The summed E-state index contributed by atoms with van der Waals surface area (Å²) in [5.41, 5.74) is 7.06. The highest BCUT2D eigenvalue weighted by Crippen LogP contribution is 2.14. The first-order valence-corrected chi connectivity index (χ1v) is 6.43. The van der Waals surface area contributed by atoms with Crippen LogP contribution in [0.1, 0.15) is 24.1 Å². The number of aromatic nitrogens is 2. The van der Waals surface area contributed by atoms with Crippen LogP contribution in [0.15, 0.2) is 28.9 Å². The van der Waals surface area contributed by atoms with E-state index in [1.54, 1.807) is 12.3 Å². The molecule has 0 fully saturated rings. The van der Waals surface area contributed by atoms with E-state index in [-0.39, 0.29) is 4.99 Å².